The van der Waals surface area contributed by atoms with E-state index < -0.39 is 14.9 Å². The molecule has 0 bridgehead atoms. The first-order valence-corrected chi connectivity index (χ1v) is 8.07. The van der Waals surface area contributed by atoms with Gasteiger partial charge in [-0.25, -0.2) is 13.4 Å². The predicted molar refractivity (Wildman–Crippen MR) is 85.6 cm³/mol. The van der Waals surface area contributed by atoms with Crippen molar-refractivity contribution in [1.29, 1.82) is 0 Å². The molecule has 1 aromatic heterocycles. The van der Waals surface area contributed by atoms with Crippen LogP contribution in [0.15, 0.2) is 65.6 Å². The first kappa shape index (κ1) is 14.9. The second-order valence-electron chi connectivity index (χ2n) is 4.75. The molecule has 0 radical (unpaired) electrons. The number of benzene rings is 2. The summed E-state index contributed by atoms with van der Waals surface area (Å²) >= 11 is 0. The minimum Gasteiger partial charge on any atom is -0.263 e. The Hall–Kier alpha value is -3.00. The zero-order chi connectivity index (χ0) is 16.4. The minimum absolute atomic E-state index is 0.0712. The van der Waals surface area contributed by atoms with Crippen molar-refractivity contribution < 1.29 is 13.3 Å². The Bertz CT molecular complexity index is 985. The number of fused-ring (bicyclic) bond motifs is 1. The molecule has 0 amide bonds. The van der Waals surface area contributed by atoms with E-state index in [1.54, 1.807) is 18.2 Å². The maximum absolute atomic E-state index is 12.3. The fourth-order valence-electron chi connectivity index (χ4n) is 2.07. The van der Waals surface area contributed by atoms with Crippen LogP contribution in [-0.4, -0.2) is 18.3 Å². The summed E-state index contributed by atoms with van der Waals surface area (Å²) in [5.74, 6) is 0.182. The molecule has 116 valence electrons. The van der Waals surface area contributed by atoms with Crippen LogP contribution in [0.4, 0.5) is 11.5 Å². The van der Waals surface area contributed by atoms with Gasteiger partial charge in [0.05, 0.1) is 15.3 Å². The standard InChI is InChI=1S/C15H11N3O4S/c19-18(20)12-6-8-13(9-7-12)23(21,22)17-15-10-5-11-3-1-2-4-14(11)16-15/h1-10H,(H,16,17). The number of non-ortho nitro benzene ring substituents is 1. The summed E-state index contributed by atoms with van der Waals surface area (Å²) in [7, 11) is -3.86. The van der Waals surface area contributed by atoms with Crippen molar-refractivity contribution in [3.05, 3.63) is 70.8 Å². The van der Waals surface area contributed by atoms with Crippen LogP contribution in [0.3, 0.4) is 0 Å². The third-order valence-corrected chi connectivity index (χ3v) is 4.57. The van der Waals surface area contributed by atoms with E-state index in [4.69, 9.17) is 0 Å². The number of pyridine rings is 1. The van der Waals surface area contributed by atoms with Crippen molar-refractivity contribution in [2.45, 2.75) is 4.90 Å². The summed E-state index contributed by atoms with van der Waals surface area (Å²) in [5, 5.41) is 11.5. The van der Waals surface area contributed by atoms with Gasteiger partial charge in [-0.1, -0.05) is 18.2 Å². The molecule has 7 nitrogen and oxygen atoms in total. The Balaban J connectivity index is 1.91. The second kappa shape index (κ2) is 5.65. The molecule has 0 saturated carbocycles. The molecule has 0 atom stereocenters. The van der Waals surface area contributed by atoms with Crippen molar-refractivity contribution in [3.8, 4) is 0 Å². The second-order valence-corrected chi connectivity index (χ2v) is 6.43. The number of rotatable bonds is 4. The van der Waals surface area contributed by atoms with Gasteiger partial charge in [-0.15, -0.1) is 0 Å². The van der Waals surface area contributed by atoms with E-state index in [1.807, 2.05) is 18.2 Å². The predicted octanol–water partition coefficient (Wildman–Crippen LogP) is 2.94. The SMILES string of the molecule is O=[N+]([O-])c1ccc(S(=O)(=O)Nc2ccc3ccccc3n2)cc1. The average molecular weight is 329 g/mol. The zero-order valence-electron chi connectivity index (χ0n) is 11.7. The summed E-state index contributed by atoms with van der Waals surface area (Å²) in [5.41, 5.74) is 0.490. The first-order chi connectivity index (χ1) is 11.0. The van der Waals surface area contributed by atoms with Crippen molar-refractivity contribution in [1.82, 2.24) is 4.98 Å². The van der Waals surface area contributed by atoms with E-state index in [0.717, 1.165) is 17.5 Å². The van der Waals surface area contributed by atoms with Gasteiger partial charge in [-0.3, -0.25) is 14.8 Å². The summed E-state index contributed by atoms with van der Waals surface area (Å²) in [6.07, 6.45) is 0. The molecule has 1 N–H and O–H groups in total. The van der Waals surface area contributed by atoms with E-state index in [9.17, 15) is 18.5 Å². The van der Waals surface area contributed by atoms with Crippen molar-refractivity contribution >= 4 is 32.4 Å². The third-order valence-electron chi connectivity index (χ3n) is 3.20. The van der Waals surface area contributed by atoms with E-state index in [0.29, 0.717) is 5.52 Å². The molecule has 8 heteroatoms. The van der Waals surface area contributed by atoms with Crippen LogP contribution in [0.2, 0.25) is 0 Å². The van der Waals surface area contributed by atoms with Gasteiger partial charge in [0.25, 0.3) is 15.7 Å². The molecule has 0 aliphatic carbocycles. The van der Waals surface area contributed by atoms with E-state index in [2.05, 4.69) is 9.71 Å². The van der Waals surface area contributed by atoms with Crippen LogP contribution < -0.4 is 4.72 Å². The molecule has 0 fully saturated rings. The number of hydrogen-bond donors (Lipinski definition) is 1. The summed E-state index contributed by atoms with van der Waals surface area (Å²) in [6, 6.07) is 15.3. The topological polar surface area (TPSA) is 102 Å². The molecule has 0 aliphatic rings. The van der Waals surface area contributed by atoms with Crippen LogP contribution in [0.5, 0.6) is 0 Å². The number of anilines is 1. The van der Waals surface area contributed by atoms with Gasteiger partial charge >= 0.3 is 0 Å². The number of hydrogen-bond acceptors (Lipinski definition) is 5. The van der Waals surface area contributed by atoms with Gasteiger partial charge in [-0.2, -0.15) is 0 Å². The highest BCUT2D eigenvalue weighted by Gasteiger charge is 2.16. The maximum Gasteiger partial charge on any atom is 0.269 e. The highest BCUT2D eigenvalue weighted by atomic mass is 32.2. The largest absolute Gasteiger partial charge is 0.269 e. The number of sulfonamides is 1. The highest BCUT2D eigenvalue weighted by molar-refractivity contribution is 7.92. The van der Waals surface area contributed by atoms with E-state index >= 15 is 0 Å². The van der Waals surface area contributed by atoms with Crippen LogP contribution in [-0.2, 0) is 10.0 Å². The molecule has 3 aromatic rings. The normalized spacial score (nSPS) is 11.3. The Kier molecular flexibility index (Phi) is 3.67. The Morgan fingerprint density at radius 3 is 2.35 bits per heavy atom. The molecular formula is C15H11N3O4S. The molecule has 23 heavy (non-hydrogen) atoms. The summed E-state index contributed by atoms with van der Waals surface area (Å²) in [6.45, 7) is 0. The summed E-state index contributed by atoms with van der Waals surface area (Å²) in [4.78, 5) is 14.2. The van der Waals surface area contributed by atoms with Gasteiger partial charge < -0.3 is 0 Å². The van der Waals surface area contributed by atoms with Crippen LogP contribution in [0.25, 0.3) is 10.9 Å². The van der Waals surface area contributed by atoms with Crippen LogP contribution in [0.1, 0.15) is 0 Å². The van der Waals surface area contributed by atoms with Crippen LogP contribution in [0, 0.1) is 10.1 Å². The fraction of sp³-hybridized carbons (Fsp3) is 0. The lowest BCUT2D eigenvalue weighted by Crippen LogP contribution is -2.13. The Morgan fingerprint density at radius 1 is 0.957 bits per heavy atom. The molecule has 1 heterocycles. The molecule has 0 aliphatic heterocycles. The molecule has 0 unspecified atom stereocenters. The Labute approximate surface area is 131 Å². The number of aromatic nitrogens is 1. The van der Waals surface area contributed by atoms with Crippen molar-refractivity contribution in [3.63, 3.8) is 0 Å². The molecule has 2 aromatic carbocycles. The Morgan fingerprint density at radius 2 is 1.65 bits per heavy atom. The van der Waals surface area contributed by atoms with Gasteiger partial charge in [0, 0.05) is 17.5 Å². The van der Waals surface area contributed by atoms with E-state index in [-0.39, 0.29) is 16.4 Å². The molecule has 0 saturated heterocycles. The number of nitrogens with one attached hydrogen (secondary N) is 1. The number of nitrogens with zero attached hydrogens (tertiary/aromatic N) is 2. The molecule has 3 rings (SSSR count). The average Bonchev–Trinajstić information content (AvgIpc) is 2.54. The highest BCUT2D eigenvalue weighted by Crippen LogP contribution is 2.20. The molecule has 0 spiro atoms. The van der Waals surface area contributed by atoms with Crippen molar-refractivity contribution in [2.75, 3.05) is 4.72 Å². The third kappa shape index (κ3) is 3.11. The van der Waals surface area contributed by atoms with E-state index in [1.165, 1.54) is 12.1 Å². The number of nitro groups is 1. The van der Waals surface area contributed by atoms with Gasteiger partial charge in [0.1, 0.15) is 5.82 Å². The van der Waals surface area contributed by atoms with Gasteiger partial charge in [0.15, 0.2) is 0 Å². The zero-order valence-corrected chi connectivity index (χ0v) is 12.5. The lowest BCUT2D eigenvalue weighted by atomic mass is 10.2. The van der Waals surface area contributed by atoms with Crippen molar-refractivity contribution in [2.24, 2.45) is 0 Å². The first-order valence-electron chi connectivity index (χ1n) is 6.59. The maximum atomic E-state index is 12.3. The smallest absolute Gasteiger partial charge is 0.263 e. The lowest BCUT2D eigenvalue weighted by Gasteiger charge is -2.08. The monoisotopic (exact) mass is 329 g/mol. The van der Waals surface area contributed by atoms with Gasteiger partial charge in [0.2, 0.25) is 0 Å². The fourth-order valence-corrected chi connectivity index (χ4v) is 3.07. The number of para-hydroxylation sites is 1. The molecular weight excluding hydrogens is 318 g/mol. The van der Waals surface area contributed by atoms with Crippen LogP contribution >= 0.6 is 0 Å². The quantitative estimate of drug-likeness (QED) is 0.585. The minimum atomic E-state index is -3.86. The van der Waals surface area contributed by atoms with Gasteiger partial charge in [-0.05, 0) is 30.3 Å². The number of nitro benzene ring substituents is 1. The summed E-state index contributed by atoms with van der Waals surface area (Å²) < 4.78 is 27.0. The lowest BCUT2D eigenvalue weighted by molar-refractivity contribution is -0.384.